The first kappa shape index (κ1) is 21.9. The Balaban J connectivity index is 1.50. The Kier molecular flexibility index (Phi) is 8.00. The van der Waals surface area contributed by atoms with Gasteiger partial charge in [-0.25, -0.2) is 0 Å². The van der Waals surface area contributed by atoms with Gasteiger partial charge in [-0.1, -0.05) is 0 Å². The molecule has 0 saturated carbocycles. The van der Waals surface area contributed by atoms with Crippen LogP contribution in [0.4, 0.5) is 0 Å². The van der Waals surface area contributed by atoms with E-state index in [0.29, 0.717) is 11.0 Å². The van der Waals surface area contributed by atoms with E-state index in [1.807, 2.05) is 12.1 Å². The fourth-order valence-electron chi connectivity index (χ4n) is 3.71. The van der Waals surface area contributed by atoms with Gasteiger partial charge in [-0.3, -0.25) is 0 Å². The van der Waals surface area contributed by atoms with Crippen molar-refractivity contribution in [2.75, 3.05) is 0 Å². The number of carbonyl (C=O) groups is 1. The van der Waals surface area contributed by atoms with Gasteiger partial charge in [0.05, 0.1) is 0 Å². The van der Waals surface area contributed by atoms with Gasteiger partial charge >= 0.3 is 195 Å². The Morgan fingerprint density at radius 1 is 0.516 bits per heavy atom. The molecule has 4 aromatic carbocycles. The molecule has 0 aliphatic rings. The molecule has 4 aromatic rings. The molecule has 3 heteroatoms. The Bertz CT molecular complexity index is 988. The number of benzene rings is 4. The number of hydrogen-bond donors (Lipinski definition) is 0. The van der Waals surface area contributed by atoms with Crippen LogP contribution in [0.3, 0.4) is 0 Å². The van der Waals surface area contributed by atoms with E-state index in [4.69, 9.17) is 0 Å². The molecule has 31 heavy (non-hydrogen) atoms. The summed E-state index contributed by atoms with van der Waals surface area (Å²) in [5.74, 6) is 0. The van der Waals surface area contributed by atoms with Crippen molar-refractivity contribution in [3.05, 3.63) is 121 Å². The summed E-state index contributed by atoms with van der Waals surface area (Å²) in [4.78, 5) is 13.5. The van der Waals surface area contributed by atoms with Gasteiger partial charge in [0.25, 0.3) is 0 Å². The van der Waals surface area contributed by atoms with Crippen molar-refractivity contribution in [1.82, 2.24) is 0 Å². The van der Waals surface area contributed by atoms with Crippen LogP contribution in [-0.2, 0) is 4.79 Å². The van der Waals surface area contributed by atoms with E-state index in [0.717, 1.165) is 11.6 Å². The second kappa shape index (κ2) is 11.3. The van der Waals surface area contributed by atoms with Crippen LogP contribution in [0.1, 0.15) is 12.8 Å². The van der Waals surface area contributed by atoms with E-state index in [1.54, 1.807) is 0 Å². The van der Waals surface area contributed by atoms with Crippen LogP contribution in [0.25, 0.3) is 0 Å². The average molecular weight is 528 g/mol. The normalized spacial score (nSPS) is 11.0. The third kappa shape index (κ3) is 5.88. The molecule has 0 heterocycles. The van der Waals surface area contributed by atoms with Crippen molar-refractivity contribution in [3.8, 4) is 0 Å². The average Bonchev–Trinajstić information content (AvgIpc) is 2.84. The SMILES string of the molecule is O=C(CCC[As](c1ccccc1)c1ccccc1)[As](c1ccccc1)c1ccccc1. The maximum atomic E-state index is 13.5. The second-order valence-corrected chi connectivity index (χ2v) is 16.8. The quantitative estimate of drug-likeness (QED) is 0.304. The van der Waals surface area contributed by atoms with E-state index in [1.165, 1.54) is 17.4 Å². The van der Waals surface area contributed by atoms with Crippen LogP contribution in [0.15, 0.2) is 121 Å². The first-order valence-corrected chi connectivity index (χ1v) is 16.7. The monoisotopic (exact) mass is 528 g/mol. The first-order chi connectivity index (χ1) is 15.3. The molecular formula is C28H26As2O. The van der Waals surface area contributed by atoms with Crippen molar-refractivity contribution >= 4 is 51.3 Å². The summed E-state index contributed by atoms with van der Waals surface area (Å²) in [5, 5.41) is 1.12. The third-order valence-electron chi connectivity index (χ3n) is 5.19. The Hall–Kier alpha value is -2.33. The van der Waals surface area contributed by atoms with E-state index in [2.05, 4.69) is 109 Å². The van der Waals surface area contributed by atoms with Gasteiger partial charge in [0.2, 0.25) is 0 Å². The number of carbonyl (C=O) groups excluding carboxylic acids is 1. The molecule has 154 valence electrons. The molecule has 4 rings (SSSR count). The van der Waals surface area contributed by atoms with Crippen LogP contribution < -0.4 is 17.4 Å². The van der Waals surface area contributed by atoms with Crippen LogP contribution in [0, 0.1) is 0 Å². The number of hydrogen-bond acceptors (Lipinski definition) is 1. The van der Waals surface area contributed by atoms with E-state index in [9.17, 15) is 4.79 Å². The molecule has 0 unspecified atom stereocenters. The van der Waals surface area contributed by atoms with Crippen molar-refractivity contribution in [3.63, 3.8) is 0 Å². The third-order valence-corrected chi connectivity index (χ3v) is 15.6. The molecule has 0 aromatic heterocycles. The summed E-state index contributed by atoms with van der Waals surface area (Å²) in [6.07, 6.45) is 1.64. The fourth-order valence-corrected chi connectivity index (χ4v) is 13.3. The maximum absolute atomic E-state index is 13.5. The molecule has 0 fully saturated rings. The standard InChI is InChI=1S/C28H26As2O/c31-28(30(26-18-9-3-10-19-26)27-20-11-4-12-21-27)22-13-23-29(24-14-5-1-6-15-24)25-16-7-2-8-17-25/h1-12,14-21H,13,22-23H2. The van der Waals surface area contributed by atoms with Gasteiger partial charge in [-0.05, 0) is 0 Å². The van der Waals surface area contributed by atoms with Crippen LogP contribution in [0.5, 0.6) is 0 Å². The molecular weight excluding hydrogens is 502 g/mol. The predicted molar refractivity (Wildman–Crippen MR) is 135 cm³/mol. The first-order valence-electron chi connectivity index (χ1n) is 10.6. The number of rotatable bonds is 9. The summed E-state index contributed by atoms with van der Waals surface area (Å²) < 4.78 is 5.85. The summed E-state index contributed by atoms with van der Waals surface area (Å²) >= 11 is -3.37. The van der Waals surface area contributed by atoms with Crippen molar-refractivity contribution < 1.29 is 4.79 Å². The molecule has 0 atom stereocenters. The topological polar surface area (TPSA) is 17.1 Å². The Labute approximate surface area is 194 Å². The molecule has 0 bridgehead atoms. The van der Waals surface area contributed by atoms with Crippen LogP contribution in [-0.4, -0.2) is 33.9 Å². The van der Waals surface area contributed by atoms with Crippen molar-refractivity contribution in [2.24, 2.45) is 0 Å². The zero-order valence-corrected chi connectivity index (χ0v) is 21.2. The van der Waals surface area contributed by atoms with Gasteiger partial charge in [0.1, 0.15) is 0 Å². The zero-order chi connectivity index (χ0) is 21.3. The molecule has 0 amide bonds. The summed E-state index contributed by atoms with van der Waals surface area (Å²) in [7, 11) is 0. The summed E-state index contributed by atoms with van der Waals surface area (Å²) in [6, 6.07) is 42.6. The molecule has 0 aliphatic carbocycles. The minimum absolute atomic E-state index is 0.458. The van der Waals surface area contributed by atoms with Gasteiger partial charge in [-0.2, -0.15) is 0 Å². The molecule has 1 nitrogen and oxygen atoms in total. The zero-order valence-electron chi connectivity index (χ0n) is 17.5. The second-order valence-electron chi connectivity index (χ2n) is 7.33. The Morgan fingerprint density at radius 2 is 0.871 bits per heavy atom. The molecule has 0 saturated heterocycles. The van der Waals surface area contributed by atoms with Crippen molar-refractivity contribution in [2.45, 2.75) is 18.1 Å². The molecule has 0 N–H and O–H groups in total. The predicted octanol–water partition coefficient (Wildman–Crippen LogP) is 3.49. The van der Waals surface area contributed by atoms with E-state index >= 15 is 0 Å². The minimum atomic E-state index is -1.96. The van der Waals surface area contributed by atoms with E-state index < -0.39 is 29.3 Å². The van der Waals surface area contributed by atoms with Crippen molar-refractivity contribution in [1.29, 1.82) is 0 Å². The van der Waals surface area contributed by atoms with Crippen LogP contribution >= 0.6 is 0 Å². The van der Waals surface area contributed by atoms with Gasteiger partial charge in [0, 0.05) is 0 Å². The Morgan fingerprint density at radius 3 is 1.26 bits per heavy atom. The fraction of sp³-hybridized carbons (Fsp3) is 0.107. The molecule has 0 aliphatic heterocycles. The molecule has 0 radical (unpaired) electrons. The summed E-state index contributed by atoms with van der Waals surface area (Å²) in [5.41, 5.74) is 0. The van der Waals surface area contributed by atoms with Gasteiger partial charge in [0.15, 0.2) is 0 Å². The van der Waals surface area contributed by atoms with Gasteiger partial charge in [-0.15, -0.1) is 0 Å². The molecule has 0 spiro atoms. The van der Waals surface area contributed by atoms with Gasteiger partial charge < -0.3 is 0 Å². The summed E-state index contributed by atoms with van der Waals surface area (Å²) in [6.45, 7) is 0. The van der Waals surface area contributed by atoms with E-state index in [-0.39, 0.29) is 0 Å². The van der Waals surface area contributed by atoms with Crippen LogP contribution in [0.2, 0.25) is 5.21 Å².